The lowest BCUT2D eigenvalue weighted by molar-refractivity contribution is -0.0975. The quantitative estimate of drug-likeness (QED) is 0.879. The summed E-state index contributed by atoms with van der Waals surface area (Å²) in [6, 6.07) is 0.441. The van der Waals surface area contributed by atoms with E-state index >= 15 is 0 Å². The molecule has 0 amide bonds. The Kier molecular flexibility index (Phi) is 3.17. The normalized spacial score (nSPS) is 27.5. The molecule has 90 valence electrons. The molecule has 5 heteroatoms. The highest BCUT2D eigenvalue weighted by atomic mass is 32.1. The first-order valence-corrected chi connectivity index (χ1v) is 6.49. The third-order valence-electron chi connectivity index (χ3n) is 3.37. The second-order valence-corrected chi connectivity index (χ2v) is 5.60. The SMILES string of the molecule is CCOC1CC(Nc2nc(C)ns2)C1(C)C. The van der Waals surface area contributed by atoms with E-state index in [-0.39, 0.29) is 5.41 Å². The van der Waals surface area contributed by atoms with Gasteiger partial charge in [-0.25, -0.2) is 4.98 Å². The number of ether oxygens (including phenoxy) is 1. The summed E-state index contributed by atoms with van der Waals surface area (Å²) in [5.74, 6) is 0.839. The van der Waals surface area contributed by atoms with E-state index in [2.05, 4.69) is 28.5 Å². The van der Waals surface area contributed by atoms with Crippen molar-refractivity contribution in [1.29, 1.82) is 0 Å². The molecule has 1 aromatic rings. The van der Waals surface area contributed by atoms with Crippen molar-refractivity contribution >= 4 is 16.7 Å². The molecular formula is C11H19N3OS. The fourth-order valence-electron chi connectivity index (χ4n) is 2.12. The molecule has 4 nitrogen and oxygen atoms in total. The van der Waals surface area contributed by atoms with Gasteiger partial charge in [-0.05, 0) is 20.3 Å². The molecule has 0 bridgehead atoms. The Hall–Kier alpha value is -0.680. The van der Waals surface area contributed by atoms with Gasteiger partial charge < -0.3 is 10.1 Å². The number of hydrogen-bond donors (Lipinski definition) is 1. The minimum absolute atomic E-state index is 0.176. The van der Waals surface area contributed by atoms with Gasteiger partial charge in [-0.2, -0.15) is 4.37 Å². The summed E-state index contributed by atoms with van der Waals surface area (Å²) in [4.78, 5) is 4.32. The number of aryl methyl sites for hydroxylation is 1. The van der Waals surface area contributed by atoms with E-state index in [9.17, 15) is 0 Å². The third-order valence-corrected chi connectivity index (χ3v) is 4.11. The molecule has 1 aromatic heterocycles. The molecule has 16 heavy (non-hydrogen) atoms. The maximum absolute atomic E-state index is 5.69. The molecule has 0 aromatic carbocycles. The molecular weight excluding hydrogens is 222 g/mol. The van der Waals surface area contributed by atoms with Gasteiger partial charge in [0.1, 0.15) is 5.82 Å². The van der Waals surface area contributed by atoms with Crippen molar-refractivity contribution in [3.63, 3.8) is 0 Å². The molecule has 0 spiro atoms. The molecule has 2 atom stereocenters. The summed E-state index contributed by atoms with van der Waals surface area (Å²) >= 11 is 1.43. The number of nitrogens with zero attached hydrogens (tertiary/aromatic N) is 2. The molecule has 2 unspecified atom stereocenters. The first-order chi connectivity index (χ1) is 7.54. The van der Waals surface area contributed by atoms with Crippen LogP contribution in [-0.4, -0.2) is 28.1 Å². The molecule has 1 heterocycles. The van der Waals surface area contributed by atoms with Crippen LogP contribution in [0.1, 0.15) is 33.0 Å². The minimum atomic E-state index is 0.176. The van der Waals surface area contributed by atoms with E-state index in [1.165, 1.54) is 11.5 Å². The predicted molar refractivity (Wildman–Crippen MR) is 65.9 cm³/mol. The van der Waals surface area contributed by atoms with E-state index in [1.807, 2.05) is 13.8 Å². The number of nitrogens with one attached hydrogen (secondary N) is 1. The predicted octanol–water partition coefficient (Wildman–Crippen LogP) is 2.46. The van der Waals surface area contributed by atoms with Crippen LogP contribution in [0.4, 0.5) is 5.13 Å². The average molecular weight is 241 g/mol. The highest BCUT2D eigenvalue weighted by Gasteiger charge is 2.49. The molecule has 1 N–H and O–H groups in total. The molecule has 0 radical (unpaired) electrons. The lowest BCUT2D eigenvalue weighted by Gasteiger charge is -2.51. The van der Waals surface area contributed by atoms with Crippen LogP contribution in [0.2, 0.25) is 0 Å². The van der Waals surface area contributed by atoms with Crippen molar-refractivity contribution in [2.75, 3.05) is 11.9 Å². The zero-order valence-corrected chi connectivity index (χ0v) is 11.1. The maximum Gasteiger partial charge on any atom is 0.202 e. The van der Waals surface area contributed by atoms with E-state index in [0.717, 1.165) is 24.0 Å². The standard InChI is InChI=1S/C11H19N3OS/c1-5-15-9-6-8(11(9,3)4)13-10-12-7(2)14-16-10/h8-9H,5-6H2,1-4H3,(H,12,13,14). The number of aromatic nitrogens is 2. The van der Waals surface area contributed by atoms with Gasteiger partial charge in [0.25, 0.3) is 0 Å². The Balaban J connectivity index is 1.94. The summed E-state index contributed by atoms with van der Waals surface area (Å²) in [5, 5.41) is 4.36. The smallest absolute Gasteiger partial charge is 0.202 e. The van der Waals surface area contributed by atoms with Crippen LogP contribution in [0.3, 0.4) is 0 Å². The Morgan fingerprint density at radius 3 is 2.81 bits per heavy atom. The summed E-state index contributed by atoms with van der Waals surface area (Å²) in [6.07, 6.45) is 1.42. The Labute approximate surface area is 101 Å². The molecule has 0 aliphatic heterocycles. The summed E-state index contributed by atoms with van der Waals surface area (Å²) in [7, 11) is 0. The number of hydrogen-bond acceptors (Lipinski definition) is 5. The molecule has 1 fully saturated rings. The fraction of sp³-hybridized carbons (Fsp3) is 0.818. The van der Waals surface area contributed by atoms with Gasteiger partial charge >= 0.3 is 0 Å². The van der Waals surface area contributed by atoms with Crippen LogP contribution in [0.5, 0.6) is 0 Å². The van der Waals surface area contributed by atoms with Crippen molar-refractivity contribution in [2.24, 2.45) is 5.41 Å². The topological polar surface area (TPSA) is 47.0 Å². The van der Waals surface area contributed by atoms with E-state index in [4.69, 9.17) is 4.74 Å². The lowest BCUT2D eigenvalue weighted by atomic mass is 9.64. The van der Waals surface area contributed by atoms with Gasteiger partial charge in [-0.15, -0.1) is 0 Å². The van der Waals surface area contributed by atoms with Crippen molar-refractivity contribution in [1.82, 2.24) is 9.36 Å². The van der Waals surface area contributed by atoms with Gasteiger partial charge in [-0.3, -0.25) is 0 Å². The molecule has 0 saturated heterocycles. The first kappa shape index (κ1) is 11.8. The Bertz CT molecular complexity index is 364. The zero-order chi connectivity index (χ0) is 11.8. The van der Waals surface area contributed by atoms with Crippen LogP contribution < -0.4 is 5.32 Å². The van der Waals surface area contributed by atoms with Crippen LogP contribution in [0.25, 0.3) is 0 Å². The Morgan fingerprint density at radius 1 is 1.56 bits per heavy atom. The van der Waals surface area contributed by atoms with Crippen LogP contribution in [0.15, 0.2) is 0 Å². The second kappa shape index (κ2) is 4.30. The number of anilines is 1. The van der Waals surface area contributed by atoms with E-state index in [0.29, 0.717) is 12.1 Å². The highest BCUT2D eigenvalue weighted by molar-refractivity contribution is 7.09. The van der Waals surface area contributed by atoms with Crippen molar-refractivity contribution in [3.8, 4) is 0 Å². The summed E-state index contributed by atoms with van der Waals surface area (Å²) < 4.78 is 9.86. The van der Waals surface area contributed by atoms with E-state index in [1.54, 1.807) is 0 Å². The van der Waals surface area contributed by atoms with Crippen molar-refractivity contribution < 1.29 is 4.74 Å². The highest BCUT2D eigenvalue weighted by Crippen LogP contribution is 2.44. The van der Waals surface area contributed by atoms with Crippen LogP contribution in [0, 0.1) is 12.3 Å². The van der Waals surface area contributed by atoms with Crippen molar-refractivity contribution in [3.05, 3.63) is 5.82 Å². The monoisotopic (exact) mass is 241 g/mol. The largest absolute Gasteiger partial charge is 0.378 e. The minimum Gasteiger partial charge on any atom is -0.378 e. The lowest BCUT2D eigenvalue weighted by Crippen LogP contribution is -2.58. The maximum atomic E-state index is 5.69. The van der Waals surface area contributed by atoms with Gasteiger partial charge in [0.05, 0.1) is 6.10 Å². The second-order valence-electron chi connectivity index (χ2n) is 4.84. The van der Waals surface area contributed by atoms with Crippen LogP contribution >= 0.6 is 11.5 Å². The molecule has 1 aliphatic rings. The average Bonchev–Trinajstić information content (AvgIpc) is 2.63. The Morgan fingerprint density at radius 2 is 2.31 bits per heavy atom. The van der Waals surface area contributed by atoms with Crippen molar-refractivity contribution in [2.45, 2.75) is 46.3 Å². The van der Waals surface area contributed by atoms with E-state index < -0.39 is 0 Å². The third kappa shape index (κ3) is 2.06. The van der Waals surface area contributed by atoms with Crippen LogP contribution in [-0.2, 0) is 4.74 Å². The fourth-order valence-corrected chi connectivity index (χ4v) is 2.75. The first-order valence-electron chi connectivity index (χ1n) is 5.72. The molecule has 1 aliphatic carbocycles. The summed E-state index contributed by atoms with van der Waals surface area (Å²) in [6.45, 7) is 9.23. The molecule has 2 rings (SSSR count). The molecule has 1 saturated carbocycles. The zero-order valence-electron chi connectivity index (χ0n) is 10.3. The van der Waals surface area contributed by atoms with Gasteiger partial charge in [-0.1, -0.05) is 13.8 Å². The van der Waals surface area contributed by atoms with Gasteiger partial charge in [0.2, 0.25) is 5.13 Å². The summed E-state index contributed by atoms with van der Waals surface area (Å²) in [5.41, 5.74) is 0.176. The van der Waals surface area contributed by atoms with Gasteiger partial charge in [0, 0.05) is 29.6 Å². The van der Waals surface area contributed by atoms with Gasteiger partial charge in [0.15, 0.2) is 0 Å². The number of rotatable bonds is 4.